The molecular formula is C22H25NO3. The number of rotatable bonds is 5. The zero-order valence-electron chi connectivity index (χ0n) is 15.5. The smallest absolute Gasteiger partial charge is 0.407 e. The van der Waals surface area contributed by atoms with E-state index in [4.69, 9.17) is 9.47 Å². The highest BCUT2D eigenvalue weighted by Crippen LogP contribution is 2.14. The summed E-state index contributed by atoms with van der Waals surface area (Å²) in [5, 5.41) is 2.69. The zero-order chi connectivity index (χ0) is 18.8. The minimum absolute atomic E-state index is 0.421. The number of hydrogen-bond acceptors (Lipinski definition) is 3. The molecule has 26 heavy (non-hydrogen) atoms. The molecule has 0 fully saturated rings. The fraction of sp³-hybridized carbons (Fsp3) is 0.318. The molecule has 0 aliphatic rings. The van der Waals surface area contributed by atoms with Crippen LogP contribution in [0.15, 0.2) is 54.6 Å². The molecule has 1 N–H and O–H groups in total. The van der Waals surface area contributed by atoms with Gasteiger partial charge in [-0.05, 0) is 44.5 Å². The summed E-state index contributed by atoms with van der Waals surface area (Å²) < 4.78 is 11.0. The Kier molecular flexibility index (Phi) is 7.11. The van der Waals surface area contributed by atoms with Gasteiger partial charge in [-0.2, -0.15) is 0 Å². The fourth-order valence-electron chi connectivity index (χ4n) is 2.11. The summed E-state index contributed by atoms with van der Waals surface area (Å²) in [6, 6.07) is 17.7. The Morgan fingerprint density at radius 1 is 1.08 bits per heavy atom. The summed E-state index contributed by atoms with van der Waals surface area (Å²) in [4.78, 5) is 11.5. The van der Waals surface area contributed by atoms with Crippen molar-refractivity contribution in [2.24, 2.45) is 0 Å². The van der Waals surface area contributed by atoms with E-state index in [-0.39, 0.29) is 0 Å². The van der Waals surface area contributed by atoms with E-state index in [0.29, 0.717) is 19.6 Å². The van der Waals surface area contributed by atoms with Crippen molar-refractivity contribution in [1.82, 2.24) is 5.32 Å². The first-order chi connectivity index (χ1) is 12.4. The Hall–Kier alpha value is -2.93. The van der Waals surface area contributed by atoms with Gasteiger partial charge in [-0.3, -0.25) is 0 Å². The summed E-state index contributed by atoms with van der Waals surface area (Å²) in [5.41, 5.74) is 1.51. The average Bonchev–Trinajstić information content (AvgIpc) is 2.59. The van der Waals surface area contributed by atoms with E-state index in [2.05, 4.69) is 17.2 Å². The second-order valence-electron chi connectivity index (χ2n) is 6.78. The molecule has 1 amide bonds. The van der Waals surface area contributed by atoms with E-state index >= 15 is 0 Å². The third kappa shape index (κ3) is 7.76. The highest BCUT2D eigenvalue weighted by molar-refractivity contribution is 5.67. The van der Waals surface area contributed by atoms with Crippen LogP contribution in [0.5, 0.6) is 5.75 Å². The van der Waals surface area contributed by atoms with Crippen molar-refractivity contribution in [3.8, 4) is 17.6 Å². The van der Waals surface area contributed by atoms with Gasteiger partial charge in [0.15, 0.2) is 0 Å². The van der Waals surface area contributed by atoms with Gasteiger partial charge in [0.1, 0.15) is 18.0 Å². The van der Waals surface area contributed by atoms with Gasteiger partial charge in [-0.15, -0.1) is 0 Å². The van der Waals surface area contributed by atoms with Crippen molar-refractivity contribution < 1.29 is 14.3 Å². The fourth-order valence-corrected chi connectivity index (χ4v) is 2.11. The van der Waals surface area contributed by atoms with Gasteiger partial charge in [0.2, 0.25) is 0 Å². The zero-order valence-corrected chi connectivity index (χ0v) is 15.5. The highest BCUT2D eigenvalue weighted by atomic mass is 16.6. The van der Waals surface area contributed by atoms with Gasteiger partial charge >= 0.3 is 6.09 Å². The molecule has 0 bridgehead atoms. The summed E-state index contributed by atoms with van der Waals surface area (Å²) >= 11 is 0. The van der Waals surface area contributed by atoms with Crippen molar-refractivity contribution in [2.45, 2.75) is 39.4 Å². The van der Waals surface area contributed by atoms with E-state index in [1.54, 1.807) is 0 Å². The number of benzene rings is 2. The number of carbonyl (C=O) groups excluding carboxylic acids is 1. The van der Waals surface area contributed by atoms with Crippen molar-refractivity contribution >= 4 is 6.09 Å². The molecule has 0 radical (unpaired) electrons. The maximum absolute atomic E-state index is 11.5. The molecular weight excluding hydrogens is 326 g/mol. The van der Waals surface area contributed by atoms with Gasteiger partial charge in [-0.1, -0.05) is 48.2 Å². The van der Waals surface area contributed by atoms with Crippen LogP contribution in [0.3, 0.4) is 0 Å². The predicted octanol–water partition coefficient (Wildman–Crippen LogP) is 4.53. The number of hydrogen-bond donors (Lipinski definition) is 1. The minimum atomic E-state index is -0.490. The summed E-state index contributed by atoms with van der Waals surface area (Å²) in [6.45, 7) is 6.47. The third-order valence-electron chi connectivity index (χ3n) is 3.23. The molecule has 2 rings (SSSR count). The van der Waals surface area contributed by atoms with Gasteiger partial charge in [0.05, 0.1) is 0 Å². The van der Waals surface area contributed by atoms with Crippen LogP contribution in [-0.2, 0) is 11.3 Å². The lowest BCUT2D eigenvalue weighted by atomic mass is 10.2. The molecule has 0 aromatic heterocycles. The topological polar surface area (TPSA) is 47.6 Å². The molecule has 0 saturated carbocycles. The van der Waals surface area contributed by atoms with E-state index < -0.39 is 11.7 Å². The summed E-state index contributed by atoms with van der Waals surface area (Å²) in [5.74, 6) is 6.91. The molecule has 0 unspecified atom stereocenters. The molecule has 2 aromatic carbocycles. The van der Waals surface area contributed by atoms with Crippen LogP contribution >= 0.6 is 0 Å². The molecule has 136 valence electrons. The van der Waals surface area contributed by atoms with Gasteiger partial charge in [0, 0.05) is 18.5 Å². The van der Waals surface area contributed by atoms with E-state index in [0.717, 1.165) is 16.9 Å². The lowest BCUT2D eigenvalue weighted by molar-refractivity contribution is 0.0529. The van der Waals surface area contributed by atoms with Crippen LogP contribution in [0.4, 0.5) is 4.79 Å². The van der Waals surface area contributed by atoms with E-state index in [1.807, 2.05) is 75.4 Å². The second-order valence-corrected chi connectivity index (χ2v) is 6.78. The molecule has 0 spiro atoms. The average molecular weight is 351 g/mol. The normalized spacial score (nSPS) is 10.4. The summed E-state index contributed by atoms with van der Waals surface area (Å²) in [7, 11) is 0. The Morgan fingerprint density at radius 2 is 1.85 bits per heavy atom. The molecule has 0 atom stereocenters. The maximum atomic E-state index is 11.5. The van der Waals surface area contributed by atoms with Crippen molar-refractivity contribution in [3.63, 3.8) is 0 Å². The predicted molar refractivity (Wildman–Crippen MR) is 103 cm³/mol. The van der Waals surface area contributed by atoms with Crippen molar-refractivity contribution in [1.29, 1.82) is 0 Å². The monoisotopic (exact) mass is 351 g/mol. The SMILES string of the molecule is CC(C)(C)OC(=O)NCCC#Cc1cccc(OCc2ccccc2)c1. The quantitative estimate of drug-likeness (QED) is 0.636. The Bertz CT molecular complexity index is 767. The van der Waals surface area contributed by atoms with Crippen LogP contribution in [-0.4, -0.2) is 18.2 Å². The first-order valence-corrected chi connectivity index (χ1v) is 8.65. The standard InChI is InChI=1S/C22H25NO3/c1-22(2,3)26-21(24)23-15-8-7-10-18-13-9-14-20(16-18)25-17-19-11-5-4-6-12-19/h4-6,9,11-14,16H,8,15,17H2,1-3H3,(H,23,24). The number of ether oxygens (including phenoxy) is 2. The van der Waals surface area contributed by atoms with Gasteiger partial charge in [0.25, 0.3) is 0 Å². The maximum Gasteiger partial charge on any atom is 0.407 e. The minimum Gasteiger partial charge on any atom is -0.489 e. The van der Waals surface area contributed by atoms with Crippen molar-refractivity contribution in [3.05, 3.63) is 65.7 Å². The van der Waals surface area contributed by atoms with Crippen LogP contribution in [0.25, 0.3) is 0 Å². The van der Waals surface area contributed by atoms with Gasteiger partial charge in [-0.25, -0.2) is 4.79 Å². The van der Waals surface area contributed by atoms with Crippen LogP contribution < -0.4 is 10.1 Å². The molecule has 0 aliphatic heterocycles. The van der Waals surface area contributed by atoms with Crippen LogP contribution in [0, 0.1) is 11.8 Å². The van der Waals surface area contributed by atoms with E-state index in [1.165, 1.54) is 0 Å². The van der Waals surface area contributed by atoms with Gasteiger partial charge < -0.3 is 14.8 Å². The molecule has 4 heteroatoms. The van der Waals surface area contributed by atoms with E-state index in [9.17, 15) is 4.79 Å². The number of amides is 1. The van der Waals surface area contributed by atoms with Crippen molar-refractivity contribution in [2.75, 3.05) is 6.54 Å². The Morgan fingerprint density at radius 3 is 2.58 bits per heavy atom. The molecule has 0 heterocycles. The van der Waals surface area contributed by atoms with Crippen LogP contribution in [0.1, 0.15) is 38.3 Å². The lowest BCUT2D eigenvalue weighted by Gasteiger charge is -2.19. The second kappa shape index (κ2) is 9.53. The first-order valence-electron chi connectivity index (χ1n) is 8.65. The molecule has 4 nitrogen and oxygen atoms in total. The molecule has 0 saturated heterocycles. The summed E-state index contributed by atoms with van der Waals surface area (Å²) in [6.07, 6.45) is 0.129. The number of nitrogens with one attached hydrogen (secondary N) is 1. The molecule has 2 aromatic rings. The largest absolute Gasteiger partial charge is 0.489 e. The third-order valence-corrected chi connectivity index (χ3v) is 3.23. The van der Waals surface area contributed by atoms with Crippen LogP contribution in [0.2, 0.25) is 0 Å². The first kappa shape index (κ1) is 19.4. The lowest BCUT2D eigenvalue weighted by Crippen LogP contribution is -2.32. The molecule has 0 aliphatic carbocycles. The Labute approximate surface area is 155 Å². The number of alkyl carbamates (subject to hydrolysis) is 1. The highest BCUT2D eigenvalue weighted by Gasteiger charge is 2.15. The number of carbonyl (C=O) groups is 1. The Balaban J connectivity index is 1.78.